The number of hydrogen-bond donors (Lipinski definition) is 12. The molecule has 83 heavy (non-hydrogen) atoms. The van der Waals surface area contributed by atoms with E-state index in [9.17, 15) is 43.8 Å². The summed E-state index contributed by atoms with van der Waals surface area (Å²) >= 11 is 0. The third-order valence-electron chi connectivity index (χ3n) is 16.5. The van der Waals surface area contributed by atoms with Gasteiger partial charge in [0.15, 0.2) is 17.9 Å². The number of nitrogens with zero attached hydrogens (tertiary/aromatic N) is 8. The number of aliphatic imine (C=N–C) groups is 3. The largest absolute Gasteiger partial charge is 0.480 e. The van der Waals surface area contributed by atoms with Crippen LogP contribution >= 0.6 is 0 Å². The van der Waals surface area contributed by atoms with E-state index in [-0.39, 0.29) is 120 Å². The molecule has 0 aromatic heterocycles. The number of aliphatic hydroxyl groups is 1. The van der Waals surface area contributed by atoms with Crippen LogP contribution in [-0.2, 0) is 44.8 Å². The molecule has 0 unspecified atom stereocenters. The molecule has 1 aliphatic carbocycles. The predicted octanol–water partition coefficient (Wildman–Crippen LogP) is -3.04. The van der Waals surface area contributed by atoms with E-state index in [1.165, 1.54) is 14.7 Å². The summed E-state index contributed by atoms with van der Waals surface area (Å²) in [7, 11) is 0. The summed E-state index contributed by atoms with van der Waals surface area (Å²) in [5, 5.41) is 29.1. The maximum absolute atomic E-state index is 15.5. The van der Waals surface area contributed by atoms with E-state index in [1.807, 2.05) is 47.4 Å². The number of para-hydroxylation sites is 1. The molecule has 7 amide bonds. The standard InChI is InChI=1S/C55H82N18O10/c56-37(16-8-23-63-52(57)58)45(76)67-38(17-9-24-64-53(59)60)47(78)69-27-21-55(22-28-69)51(83)70(32-72(55)35-13-2-1-3-14-35)30-43(75)66-40(31-74)48(79)71-26-20-33-11-4-6-15-36(33)44(71)49(80)73-41-19-7-5-12-34(41)29-42(73)46(77)68-39(50(81)82)18-10-25-65-54(61)62/h1-4,6,11,13-15,34,37-42,44,74H,5,7-10,12,16-32,56H2,(H,66,75)(H,67,76)(H,68,77)(H,81,82)(H4,57,58,63)(H4,59,60,64)(H4,61,62,65)/t34-,37+,38-,39-,40-,41-,42-,44+/m0/s1. The summed E-state index contributed by atoms with van der Waals surface area (Å²) in [6.07, 6.45) is 5.42. The van der Waals surface area contributed by atoms with Gasteiger partial charge < -0.3 is 90.8 Å². The summed E-state index contributed by atoms with van der Waals surface area (Å²) in [5.41, 5.74) is 39.8. The minimum atomic E-state index is -1.56. The zero-order valence-corrected chi connectivity index (χ0v) is 46.9. The van der Waals surface area contributed by atoms with Crippen molar-refractivity contribution in [2.45, 2.75) is 138 Å². The Hall–Kier alpha value is -8.27. The van der Waals surface area contributed by atoms with E-state index in [1.54, 1.807) is 17.0 Å². The normalized spacial score (nSPS) is 21.3. The number of amides is 7. The van der Waals surface area contributed by atoms with Gasteiger partial charge in [0, 0.05) is 51.0 Å². The zero-order chi connectivity index (χ0) is 60.0. The predicted molar refractivity (Wildman–Crippen MR) is 308 cm³/mol. The molecule has 19 N–H and O–H groups in total. The van der Waals surface area contributed by atoms with Crippen molar-refractivity contribution >= 4 is 70.9 Å². The quantitative estimate of drug-likeness (QED) is 0.0267. The third-order valence-corrected chi connectivity index (χ3v) is 16.5. The Morgan fingerprint density at radius 2 is 1.31 bits per heavy atom. The van der Waals surface area contributed by atoms with E-state index < -0.39 is 96.4 Å². The number of hydrogen-bond acceptors (Lipinski definition) is 14. The van der Waals surface area contributed by atoms with E-state index >= 15 is 4.79 Å². The number of aliphatic carboxylic acids is 1. The number of nitrogens with one attached hydrogen (secondary N) is 3. The van der Waals surface area contributed by atoms with Crippen molar-refractivity contribution in [1.82, 2.24) is 35.6 Å². The van der Waals surface area contributed by atoms with Crippen LogP contribution in [0.15, 0.2) is 69.6 Å². The van der Waals surface area contributed by atoms with Crippen LogP contribution in [0.5, 0.6) is 0 Å². The number of carboxylic acid groups (broad SMARTS) is 1. The van der Waals surface area contributed by atoms with Gasteiger partial charge >= 0.3 is 5.97 Å². The van der Waals surface area contributed by atoms with Crippen molar-refractivity contribution in [3.05, 3.63) is 65.7 Å². The average Bonchev–Trinajstić information content (AvgIpc) is 3.82. The van der Waals surface area contributed by atoms with Crippen LogP contribution in [0.4, 0.5) is 5.69 Å². The Labute approximate surface area is 482 Å². The first kappa shape index (κ1) is 62.3. The fourth-order valence-electron chi connectivity index (χ4n) is 12.4. The maximum Gasteiger partial charge on any atom is 0.326 e. The number of likely N-dealkylation sites (tertiary alicyclic amines) is 2. The van der Waals surface area contributed by atoms with Gasteiger partial charge in [-0.25, -0.2) is 4.79 Å². The van der Waals surface area contributed by atoms with Gasteiger partial charge in [-0.15, -0.1) is 0 Å². The first-order chi connectivity index (χ1) is 39.7. The van der Waals surface area contributed by atoms with Gasteiger partial charge in [-0.1, -0.05) is 55.3 Å². The SMILES string of the molecule is NC(N)=NCCC[C@@H](N)C(=O)N[C@@H](CCCN=C(N)N)C(=O)N1CCC2(CC1)C(=O)N(CC(=O)N[C@@H](CO)C(=O)N1CCc3ccccc3[C@@H]1C(=O)N1[C@H](C(=O)N[C@@H](CCCN=C(N)N)C(=O)O)C[C@@H]3CCCC[C@@H]31)CN2c1ccccc1. The molecule has 0 bridgehead atoms. The summed E-state index contributed by atoms with van der Waals surface area (Å²) in [5.74, 6) is -5.70. The van der Waals surface area contributed by atoms with Gasteiger partial charge in [0.05, 0.1) is 19.3 Å². The molecule has 2 aromatic carbocycles. The molecule has 8 atom stereocenters. The molecule has 7 rings (SSSR count). The average molecular weight is 1160 g/mol. The van der Waals surface area contributed by atoms with Gasteiger partial charge in [0.1, 0.15) is 42.3 Å². The van der Waals surface area contributed by atoms with Gasteiger partial charge in [-0.2, -0.15) is 0 Å². The summed E-state index contributed by atoms with van der Waals surface area (Å²) in [6.45, 7) is -0.570. The van der Waals surface area contributed by atoms with Crippen molar-refractivity contribution in [2.24, 2.45) is 61.0 Å². The highest BCUT2D eigenvalue weighted by Gasteiger charge is 2.56. The highest BCUT2D eigenvalue weighted by atomic mass is 16.4. The number of benzene rings is 2. The van der Waals surface area contributed by atoms with E-state index in [0.29, 0.717) is 43.4 Å². The van der Waals surface area contributed by atoms with Crippen LogP contribution in [0.2, 0.25) is 0 Å². The minimum Gasteiger partial charge on any atom is -0.480 e. The summed E-state index contributed by atoms with van der Waals surface area (Å²) < 4.78 is 0. The molecular weight excluding hydrogens is 1070 g/mol. The maximum atomic E-state index is 15.5. The van der Waals surface area contributed by atoms with Crippen LogP contribution < -0.4 is 61.0 Å². The third kappa shape index (κ3) is 15.2. The summed E-state index contributed by atoms with van der Waals surface area (Å²) in [6, 6.07) is 8.79. The highest BCUT2D eigenvalue weighted by Crippen LogP contribution is 2.44. The molecule has 5 aliphatic rings. The first-order valence-corrected chi connectivity index (χ1v) is 28.5. The molecule has 28 nitrogen and oxygen atoms in total. The number of carbonyl (C=O) groups excluding carboxylic acids is 7. The van der Waals surface area contributed by atoms with Gasteiger partial charge in [0.25, 0.3) is 11.8 Å². The minimum absolute atomic E-state index is 0.0212. The number of anilines is 1. The molecule has 0 radical (unpaired) electrons. The van der Waals surface area contributed by atoms with E-state index in [4.69, 9.17) is 40.1 Å². The van der Waals surface area contributed by atoms with Crippen LogP contribution in [0, 0.1) is 5.92 Å². The molecule has 2 aromatic rings. The summed E-state index contributed by atoms with van der Waals surface area (Å²) in [4.78, 5) is 133. The number of nitrogens with two attached hydrogens (primary N) is 7. The van der Waals surface area contributed by atoms with Crippen LogP contribution in [0.25, 0.3) is 0 Å². The second-order valence-corrected chi connectivity index (χ2v) is 22.0. The topological polar surface area (TPSA) is 449 Å². The lowest BCUT2D eigenvalue weighted by atomic mass is 9.84. The molecular formula is C55H82N18O10. The molecule has 3 saturated heterocycles. The Morgan fingerprint density at radius 3 is 1.94 bits per heavy atom. The fraction of sp³-hybridized carbons (Fsp3) is 0.582. The van der Waals surface area contributed by atoms with Crippen molar-refractivity contribution in [3.63, 3.8) is 0 Å². The van der Waals surface area contributed by atoms with Crippen molar-refractivity contribution in [3.8, 4) is 0 Å². The van der Waals surface area contributed by atoms with Crippen molar-refractivity contribution in [1.29, 1.82) is 0 Å². The lowest BCUT2D eigenvalue weighted by Crippen LogP contribution is -2.60. The monoisotopic (exact) mass is 1150 g/mol. The molecule has 4 aliphatic heterocycles. The number of piperidine rings is 1. The van der Waals surface area contributed by atoms with E-state index in [2.05, 4.69) is 30.9 Å². The van der Waals surface area contributed by atoms with Gasteiger partial charge in [0.2, 0.25) is 29.5 Å². The highest BCUT2D eigenvalue weighted by molar-refractivity contribution is 5.99. The van der Waals surface area contributed by atoms with E-state index in [0.717, 1.165) is 24.8 Å². The first-order valence-electron chi connectivity index (χ1n) is 28.5. The van der Waals surface area contributed by atoms with Crippen molar-refractivity contribution in [2.75, 3.05) is 64.0 Å². The number of carboxylic acids is 1. The number of rotatable bonds is 25. The lowest BCUT2D eigenvalue weighted by molar-refractivity contribution is -0.153. The van der Waals surface area contributed by atoms with Crippen LogP contribution in [0.3, 0.4) is 0 Å². The van der Waals surface area contributed by atoms with Crippen LogP contribution in [-0.4, -0.2) is 196 Å². The molecule has 4 heterocycles. The molecule has 1 spiro atoms. The molecule has 28 heteroatoms. The Bertz CT molecular complexity index is 2750. The smallest absolute Gasteiger partial charge is 0.326 e. The zero-order valence-electron chi connectivity index (χ0n) is 46.9. The van der Waals surface area contributed by atoms with Crippen LogP contribution in [0.1, 0.15) is 101 Å². The molecule has 4 fully saturated rings. The molecule has 1 saturated carbocycles. The Balaban J connectivity index is 1.06. The number of fused-ring (bicyclic) bond motifs is 2. The number of aliphatic hydroxyl groups excluding tert-OH is 1. The van der Waals surface area contributed by atoms with Gasteiger partial charge in [-0.3, -0.25) is 48.5 Å². The lowest BCUT2D eigenvalue weighted by Gasteiger charge is -2.44. The second-order valence-electron chi connectivity index (χ2n) is 22.0. The fourth-order valence-corrected chi connectivity index (χ4v) is 12.4. The Kier molecular flexibility index (Phi) is 21.5. The molecule has 452 valence electrons. The van der Waals surface area contributed by atoms with Gasteiger partial charge in [-0.05, 0) is 106 Å². The number of carbonyl (C=O) groups is 8. The Morgan fingerprint density at radius 1 is 0.711 bits per heavy atom. The number of guanidine groups is 3. The second kappa shape index (κ2) is 28.6. The van der Waals surface area contributed by atoms with Crippen molar-refractivity contribution < 1.29 is 48.6 Å².